The van der Waals surface area contributed by atoms with Gasteiger partial charge < -0.3 is 4.42 Å². The number of rotatable bonds is 3. The summed E-state index contributed by atoms with van der Waals surface area (Å²) in [5.74, 6) is -1.15. The Bertz CT molecular complexity index is 528. The number of alkyl halides is 1. The van der Waals surface area contributed by atoms with Gasteiger partial charge in [-0.3, -0.25) is 0 Å². The van der Waals surface area contributed by atoms with Crippen molar-refractivity contribution >= 4 is 11.6 Å². The van der Waals surface area contributed by atoms with E-state index in [4.69, 9.17) is 16.0 Å². The SMILES string of the molecule is CC(Cl)c1nnc(Cc2ccc(F)c(F)c2)o1. The Labute approximate surface area is 101 Å². The molecule has 0 radical (unpaired) electrons. The van der Waals surface area contributed by atoms with Crippen molar-refractivity contribution in [3.63, 3.8) is 0 Å². The van der Waals surface area contributed by atoms with Crippen LogP contribution in [0.2, 0.25) is 0 Å². The fraction of sp³-hybridized carbons (Fsp3) is 0.273. The molecule has 0 saturated carbocycles. The molecule has 1 aromatic carbocycles. The zero-order valence-corrected chi connectivity index (χ0v) is 9.71. The highest BCUT2D eigenvalue weighted by Gasteiger charge is 2.12. The highest BCUT2D eigenvalue weighted by molar-refractivity contribution is 6.20. The zero-order chi connectivity index (χ0) is 12.4. The van der Waals surface area contributed by atoms with Gasteiger partial charge in [-0.1, -0.05) is 6.07 Å². The molecular formula is C11H9ClF2N2O. The fourth-order valence-electron chi connectivity index (χ4n) is 1.32. The quantitative estimate of drug-likeness (QED) is 0.794. The van der Waals surface area contributed by atoms with Gasteiger partial charge in [-0.25, -0.2) is 8.78 Å². The third-order valence-electron chi connectivity index (χ3n) is 2.16. The smallest absolute Gasteiger partial charge is 0.234 e. The molecule has 3 nitrogen and oxygen atoms in total. The second kappa shape index (κ2) is 4.79. The summed E-state index contributed by atoms with van der Waals surface area (Å²) in [4.78, 5) is 0. The summed E-state index contributed by atoms with van der Waals surface area (Å²) in [6.45, 7) is 1.70. The van der Waals surface area contributed by atoms with Crippen molar-refractivity contribution in [1.82, 2.24) is 10.2 Å². The van der Waals surface area contributed by atoms with Crippen molar-refractivity contribution in [1.29, 1.82) is 0 Å². The molecule has 0 fully saturated rings. The summed E-state index contributed by atoms with van der Waals surface area (Å²) < 4.78 is 30.9. The van der Waals surface area contributed by atoms with E-state index < -0.39 is 11.6 Å². The lowest BCUT2D eigenvalue weighted by Gasteiger charge is -1.98. The van der Waals surface area contributed by atoms with Gasteiger partial charge in [0.25, 0.3) is 0 Å². The van der Waals surface area contributed by atoms with Crippen LogP contribution in [0.1, 0.15) is 29.6 Å². The maximum Gasteiger partial charge on any atom is 0.234 e. The molecule has 1 aromatic heterocycles. The van der Waals surface area contributed by atoms with E-state index in [0.717, 1.165) is 12.1 Å². The number of benzene rings is 1. The van der Waals surface area contributed by atoms with E-state index in [9.17, 15) is 8.78 Å². The minimum Gasteiger partial charge on any atom is -0.423 e. The van der Waals surface area contributed by atoms with Gasteiger partial charge in [0, 0.05) is 0 Å². The van der Waals surface area contributed by atoms with E-state index >= 15 is 0 Å². The van der Waals surface area contributed by atoms with Gasteiger partial charge in [-0.15, -0.1) is 21.8 Å². The first-order chi connectivity index (χ1) is 8.06. The van der Waals surface area contributed by atoms with Crippen LogP contribution >= 0.6 is 11.6 Å². The van der Waals surface area contributed by atoms with Crippen LogP contribution in [-0.2, 0) is 6.42 Å². The predicted octanol–water partition coefficient (Wildman–Crippen LogP) is 3.24. The van der Waals surface area contributed by atoms with E-state index in [1.807, 2.05) is 0 Å². The molecule has 6 heteroatoms. The second-order valence-electron chi connectivity index (χ2n) is 3.58. The third-order valence-corrected chi connectivity index (χ3v) is 2.35. The molecule has 90 valence electrons. The van der Waals surface area contributed by atoms with Gasteiger partial charge in [0.1, 0.15) is 5.38 Å². The van der Waals surface area contributed by atoms with Crippen LogP contribution in [0, 0.1) is 11.6 Å². The van der Waals surface area contributed by atoms with Gasteiger partial charge in [0.05, 0.1) is 6.42 Å². The average Bonchev–Trinajstić information content (AvgIpc) is 2.72. The maximum atomic E-state index is 13.0. The van der Waals surface area contributed by atoms with Crippen molar-refractivity contribution in [2.24, 2.45) is 0 Å². The van der Waals surface area contributed by atoms with Gasteiger partial charge in [0.15, 0.2) is 11.6 Å². The lowest BCUT2D eigenvalue weighted by atomic mass is 10.1. The molecule has 0 bridgehead atoms. The summed E-state index contributed by atoms with van der Waals surface area (Å²) in [5.41, 5.74) is 0.557. The van der Waals surface area contributed by atoms with E-state index in [1.54, 1.807) is 6.92 Å². The largest absolute Gasteiger partial charge is 0.423 e. The Kier molecular flexibility index (Phi) is 3.38. The Morgan fingerprint density at radius 2 is 2.06 bits per heavy atom. The number of hydrogen-bond acceptors (Lipinski definition) is 3. The van der Waals surface area contributed by atoms with Gasteiger partial charge in [-0.05, 0) is 24.6 Å². The van der Waals surface area contributed by atoms with Crippen molar-refractivity contribution in [2.75, 3.05) is 0 Å². The molecule has 0 saturated heterocycles. The van der Waals surface area contributed by atoms with Crippen molar-refractivity contribution in [3.05, 3.63) is 47.2 Å². The molecule has 2 rings (SSSR count). The van der Waals surface area contributed by atoms with Crippen LogP contribution in [0.3, 0.4) is 0 Å². The number of aromatic nitrogens is 2. The van der Waals surface area contributed by atoms with E-state index in [-0.39, 0.29) is 11.8 Å². The lowest BCUT2D eigenvalue weighted by Crippen LogP contribution is -1.91. The lowest BCUT2D eigenvalue weighted by molar-refractivity contribution is 0.457. The Hall–Kier alpha value is -1.49. The van der Waals surface area contributed by atoms with Crippen molar-refractivity contribution in [2.45, 2.75) is 18.7 Å². The molecule has 1 unspecified atom stereocenters. The first kappa shape index (κ1) is 12.0. The fourth-order valence-corrected chi connectivity index (χ4v) is 1.41. The zero-order valence-electron chi connectivity index (χ0n) is 8.95. The predicted molar refractivity (Wildman–Crippen MR) is 57.7 cm³/mol. The average molecular weight is 259 g/mol. The summed E-state index contributed by atoms with van der Waals surface area (Å²) in [6.07, 6.45) is 0.244. The van der Waals surface area contributed by atoms with E-state index in [2.05, 4.69) is 10.2 Å². The monoisotopic (exact) mass is 258 g/mol. The van der Waals surface area contributed by atoms with E-state index in [0.29, 0.717) is 17.3 Å². The molecule has 1 atom stereocenters. The normalized spacial score (nSPS) is 12.7. The topological polar surface area (TPSA) is 38.9 Å². The van der Waals surface area contributed by atoms with E-state index in [1.165, 1.54) is 6.07 Å². The summed E-state index contributed by atoms with van der Waals surface area (Å²) in [7, 11) is 0. The Morgan fingerprint density at radius 3 is 2.65 bits per heavy atom. The molecule has 17 heavy (non-hydrogen) atoms. The molecule has 0 spiro atoms. The molecule has 0 aliphatic heterocycles. The Morgan fingerprint density at radius 1 is 1.29 bits per heavy atom. The van der Waals surface area contributed by atoms with Crippen molar-refractivity contribution < 1.29 is 13.2 Å². The summed E-state index contributed by atoms with van der Waals surface area (Å²) >= 11 is 5.76. The van der Waals surface area contributed by atoms with Crippen LogP contribution in [-0.4, -0.2) is 10.2 Å². The van der Waals surface area contributed by atoms with Crippen LogP contribution in [0.4, 0.5) is 8.78 Å². The minimum absolute atomic E-state index is 0.244. The van der Waals surface area contributed by atoms with Gasteiger partial charge in [-0.2, -0.15) is 0 Å². The number of hydrogen-bond donors (Lipinski definition) is 0. The highest BCUT2D eigenvalue weighted by atomic mass is 35.5. The van der Waals surface area contributed by atoms with Crippen LogP contribution < -0.4 is 0 Å². The third kappa shape index (κ3) is 2.79. The van der Waals surface area contributed by atoms with Crippen LogP contribution in [0.5, 0.6) is 0 Å². The summed E-state index contributed by atoms with van der Waals surface area (Å²) in [5, 5.41) is 7.13. The van der Waals surface area contributed by atoms with Crippen molar-refractivity contribution in [3.8, 4) is 0 Å². The molecule has 0 aliphatic carbocycles. The second-order valence-corrected chi connectivity index (χ2v) is 4.23. The molecule has 2 aromatic rings. The van der Waals surface area contributed by atoms with Gasteiger partial charge >= 0.3 is 0 Å². The first-order valence-corrected chi connectivity index (χ1v) is 5.40. The Balaban J connectivity index is 2.16. The molecule has 0 N–H and O–H groups in total. The summed E-state index contributed by atoms with van der Waals surface area (Å²) in [6, 6.07) is 3.63. The molecule has 0 amide bonds. The van der Waals surface area contributed by atoms with Crippen LogP contribution in [0.25, 0.3) is 0 Å². The number of nitrogens with zero attached hydrogens (tertiary/aromatic N) is 2. The van der Waals surface area contributed by atoms with Crippen LogP contribution in [0.15, 0.2) is 22.6 Å². The standard InChI is InChI=1S/C11H9ClF2N2O/c1-6(12)11-16-15-10(17-11)5-7-2-3-8(13)9(14)4-7/h2-4,6H,5H2,1H3. The molecule has 1 heterocycles. The molecular weight excluding hydrogens is 250 g/mol. The first-order valence-electron chi connectivity index (χ1n) is 4.96. The minimum atomic E-state index is -0.895. The highest BCUT2D eigenvalue weighted by Crippen LogP contribution is 2.19. The van der Waals surface area contributed by atoms with Gasteiger partial charge in [0.2, 0.25) is 11.8 Å². The molecule has 0 aliphatic rings. The maximum absolute atomic E-state index is 13.0. The number of halogens is 3.